The summed E-state index contributed by atoms with van der Waals surface area (Å²) in [5.41, 5.74) is 5.80. The first-order valence-electron chi connectivity index (χ1n) is 3.13. The Bertz CT molecular complexity index is 70.6. The molecule has 1 atom stereocenters. The maximum Gasteiger partial charge on any atom is 0.0311 e. The van der Waals surface area contributed by atoms with Crippen LogP contribution < -0.4 is 11.1 Å². The van der Waals surface area contributed by atoms with E-state index in [2.05, 4.69) is 12.2 Å². The zero-order valence-corrected chi connectivity index (χ0v) is 5.35. The average Bonchev–Trinajstić information content (AvgIpc) is 1.65. The van der Waals surface area contributed by atoms with Gasteiger partial charge < -0.3 is 5.73 Å². The molecule has 0 amide bonds. The number of piperidine rings is 1. The summed E-state index contributed by atoms with van der Waals surface area (Å²) in [6.45, 7) is 3.94. The fourth-order valence-electron chi connectivity index (χ4n) is 1.01. The number of nitrogens with two attached hydrogens (primary N) is 1. The van der Waals surface area contributed by atoms with Gasteiger partial charge in [-0.05, 0) is 19.8 Å². The highest BCUT2D eigenvalue weighted by Gasteiger charge is 2.21. The van der Waals surface area contributed by atoms with Crippen molar-refractivity contribution in [1.82, 2.24) is 5.32 Å². The van der Waals surface area contributed by atoms with Gasteiger partial charge in [0.1, 0.15) is 0 Å². The van der Waals surface area contributed by atoms with Crippen molar-refractivity contribution in [3.05, 3.63) is 0 Å². The van der Waals surface area contributed by atoms with E-state index in [1.54, 1.807) is 0 Å². The smallest absolute Gasteiger partial charge is 0.0311 e. The fourth-order valence-corrected chi connectivity index (χ4v) is 1.01. The SMILES string of the molecule is CC1(N)CCC[N]C1. The average molecular weight is 113 g/mol. The highest BCUT2D eigenvalue weighted by molar-refractivity contribution is 4.84. The van der Waals surface area contributed by atoms with E-state index in [1.165, 1.54) is 6.42 Å². The van der Waals surface area contributed by atoms with Crippen LogP contribution in [0.5, 0.6) is 0 Å². The highest BCUT2D eigenvalue weighted by atomic mass is 14.9. The van der Waals surface area contributed by atoms with Gasteiger partial charge in [0, 0.05) is 18.6 Å². The molecule has 8 heavy (non-hydrogen) atoms. The Morgan fingerprint density at radius 3 is 2.62 bits per heavy atom. The van der Waals surface area contributed by atoms with E-state index in [1.807, 2.05) is 0 Å². The summed E-state index contributed by atoms with van der Waals surface area (Å²) in [6.07, 6.45) is 2.31. The third kappa shape index (κ3) is 1.46. The molecule has 0 bridgehead atoms. The molecule has 1 rings (SSSR count). The molecule has 0 aromatic rings. The van der Waals surface area contributed by atoms with Crippen molar-refractivity contribution in [2.24, 2.45) is 5.73 Å². The van der Waals surface area contributed by atoms with E-state index in [-0.39, 0.29) is 5.54 Å². The van der Waals surface area contributed by atoms with Gasteiger partial charge in [0.2, 0.25) is 0 Å². The minimum absolute atomic E-state index is 0.0122. The van der Waals surface area contributed by atoms with Gasteiger partial charge >= 0.3 is 0 Å². The molecule has 1 unspecified atom stereocenters. The Morgan fingerprint density at radius 2 is 2.38 bits per heavy atom. The lowest BCUT2D eigenvalue weighted by molar-refractivity contribution is 0.337. The lowest BCUT2D eigenvalue weighted by Gasteiger charge is -2.28. The van der Waals surface area contributed by atoms with Gasteiger partial charge in [-0.2, -0.15) is 0 Å². The van der Waals surface area contributed by atoms with Crippen molar-refractivity contribution < 1.29 is 0 Å². The maximum atomic E-state index is 5.78. The van der Waals surface area contributed by atoms with Crippen LogP contribution in [0.3, 0.4) is 0 Å². The Hall–Kier alpha value is -0.0800. The Balaban J connectivity index is 2.33. The molecule has 1 saturated heterocycles. The summed E-state index contributed by atoms with van der Waals surface area (Å²) >= 11 is 0. The lowest BCUT2D eigenvalue weighted by atomic mass is 9.94. The van der Waals surface area contributed by atoms with Crippen molar-refractivity contribution in [1.29, 1.82) is 0 Å². The zero-order chi connectivity index (χ0) is 6.04. The predicted octanol–water partition coefficient (Wildman–Crippen LogP) is 0.102. The predicted molar refractivity (Wildman–Crippen MR) is 33.7 cm³/mol. The molecule has 0 aromatic heterocycles. The van der Waals surface area contributed by atoms with Gasteiger partial charge in [-0.15, -0.1) is 0 Å². The molecule has 1 heterocycles. The first-order valence-corrected chi connectivity index (χ1v) is 3.13. The summed E-state index contributed by atoms with van der Waals surface area (Å²) in [4.78, 5) is 0. The first kappa shape index (κ1) is 6.05. The summed E-state index contributed by atoms with van der Waals surface area (Å²) in [5.74, 6) is 0. The molecule has 0 saturated carbocycles. The van der Waals surface area contributed by atoms with E-state index < -0.39 is 0 Å². The van der Waals surface area contributed by atoms with Gasteiger partial charge in [0.25, 0.3) is 0 Å². The molecule has 2 N–H and O–H groups in total. The van der Waals surface area contributed by atoms with Crippen LogP contribution in [0.15, 0.2) is 0 Å². The second-order valence-electron chi connectivity index (χ2n) is 2.86. The van der Waals surface area contributed by atoms with Crippen LogP contribution in [0.25, 0.3) is 0 Å². The number of hydrogen-bond donors (Lipinski definition) is 1. The van der Waals surface area contributed by atoms with Crippen LogP contribution in [0.4, 0.5) is 0 Å². The molecule has 0 spiro atoms. The van der Waals surface area contributed by atoms with Crippen LogP contribution in [-0.4, -0.2) is 18.6 Å². The molecule has 0 aromatic carbocycles. The molecule has 2 heteroatoms. The standard InChI is InChI=1S/C6H13N2/c1-6(7)3-2-4-8-5-6/h2-5,7H2,1H3. The van der Waals surface area contributed by atoms with Gasteiger partial charge in [0.05, 0.1) is 0 Å². The third-order valence-electron chi connectivity index (χ3n) is 1.54. The molecular weight excluding hydrogens is 100 g/mol. The summed E-state index contributed by atoms with van der Waals surface area (Å²) in [6, 6.07) is 0. The van der Waals surface area contributed by atoms with E-state index in [0.717, 1.165) is 19.5 Å². The van der Waals surface area contributed by atoms with Crippen molar-refractivity contribution >= 4 is 0 Å². The summed E-state index contributed by atoms with van der Waals surface area (Å²) in [7, 11) is 0. The molecule has 0 aliphatic carbocycles. The van der Waals surface area contributed by atoms with E-state index in [0.29, 0.717) is 0 Å². The molecular formula is C6H13N2. The van der Waals surface area contributed by atoms with E-state index in [9.17, 15) is 0 Å². The van der Waals surface area contributed by atoms with Gasteiger partial charge in [-0.25, -0.2) is 5.32 Å². The minimum atomic E-state index is 0.0122. The Labute approximate surface area is 50.4 Å². The van der Waals surface area contributed by atoms with Crippen LogP contribution in [-0.2, 0) is 0 Å². The van der Waals surface area contributed by atoms with Crippen molar-refractivity contribution in [2.75, 3.05) is 13.1 Å². The van der Waals surface area contributed by atoms with Crippen LogP contribution in [0.1, 0.15) is 19.8 Å². The second kappa shape index (κ2) is 2.03. The molecule has 1 radical (unpaired) electrons. The van der Waals surface area contributed by atoms with Crippen molar-refractivity contribution in [3.8, 4) is 0 Å². The van der Waals surface area contributed by atoms with Gasteiger partial charge in [0.15, 0.2) is 0 Å². The molecule has 1 aliphatic heterocycles. The lowest BCUT2D eigenvalue weighted by Crippen LogP contribution is -2.47. The second-order valence-corrected chi connectivity index (χ2v) is 2.86. The van der Waals surface area contributed by atoms with E-state index in [4.69, 9.17) is 5.73 Å². The third-order valence-corrected chi connectivity index (χ3v) is 1.54. The van der Waals surface area contributed by atoms with Gasteiger partial charge in [-0.1, -0.05) is 0 Å². The van der Waals surface area contributed by atoms with Crippen LogP contribution >= 0.6 is 0 Å². The fraction of sp³-hybridized carbons (Fsp3) is 1.00. The first-order chi connectivity index (χ1) is 3.71. The van der Waals surface area contributed by atoms with Crippen molar-refractivity contribution in [2.45, 2.75) is 25.3 Å². The number of hydrogen-bond acceptors (Lipinski definition) is 1. The Kier molecular flexibility index (Phi) is 1.54. The minimum Gasteiger partial charge on any atom is -0.324 e. The Morgan fingerprint density at radius 1 is 1.62 bits per heavy atom. The molecule has 2 nitrogen and oxygen atoms in total. The topological polar surface area (TPSA) is 40.1 Å². The number of rotatable bonds is 0. The largest absolute Gasteiger partial charge is 0.324 e. The molecule has 1 fully saturated rings. The normalized spacial score (nSPS) is 39.8. The monoisotopic (exact) mass is 113 g/mol. The van der Waals surface area contributed by atoms with Crippen LogP contribution in [0, 0.1) is 0 Å². The maximum absolute atomic E-state index is 5.78. The molecule has 1 aliphatic rings. The zero-order valence-electron chi connectivity index (χ0n) is 5.35. The van der Waals surface area contributed by atoms with Crippen molar-refractivity contribution in [3.63, 3.8) is 0 Å². The quantitative estimate of drug-likeness (QED) is 0.475. The van der Waals surface area contributed by atoms with Gasteiger partial charge in [-0.3, -0.25) is 0 Å². The molecule has 47 valence electrons. The summed E-state index contributed by atoms with van der Waals surface area (Å²) < 4.78 is 0. The summed E-state index contributed by atoms with van der Waals surface area (Å²) in [5, 5.41) is 4.20. The van der Waals surface area contributed by atoms with Crippen LogP contribution in [0.2, 0.25) is 0 Å². The highest BCUT2D eigenvalue weighted by Crippen LogP contribution is 2.11. The van der Waals surface area contributed by atoms with E-state index >= 15 is 0 Å². The number of nitrogens with zero attached hydrogens (tertiary/aromatic N) is 1.